The Balaban J connectivity index is 2.12. The summed E-state index contributed by atoms with van der Waals surface area (Å²) < 4.78 is 0. The third-order valence-corrected chi connectivity index (χ3v) is 3.45. The van der Waals surface area contributed by atoms with Crippen molar-refractivity contribution in [2.24, 2.45) is 4.99 Å². The average molecular weight is 252 g/mol. The molecule has 0 saturated heterocycles. The molecule has 0 aromatic heterocycles. The largest absolute Gasteiger partial charge is 0.506 e. The molecule has 0 radical (unpaired) electrons. The van der Waals surface area contributed by atoms with Gasteiger partial charge >= 0.3 is 5.97 Å². The molecule has 1 aromatic carbocycles. The normalized spacial score (nSPS) is 19.7. The third-order valence-electron chi connectivity index (χ3n) is 2.36. The van der Waals surface area contributed by atoms with Crippen molar-refractivity contribution < 1.29 is 15.0 Å². The minimum atomic E-state index is -0.902. The number of nitrogens with one attached hydrogen (secondary N) is 1. The third kappa shape index (κ3) is 2.59. The SMILES string of the molecule is C[C@H](NC1C=Nc2c(O)cccc2S1)C(=O)O. The van der Waals surface area contributed by atoms with Crippen LogP contribution in [0.5, 0.6) is 5.75 Å². The number of carboxylic acids is 1. The first-order valence-electron chi connectivity index (χ1n) is 5.09. The standard InChI is InChI=1S/C11H12N2O3S/c1-6(11(15)16)13-9-5-12-10-7(14)3-2-4-8(10)17-9/h2-6,9,13-14H,1H3,(H,15,16)/t6-,9?/m0/s1. The molecule has 0 amide bonds. The van der Waals surface area contributed by atoms with Gasteiger partial charge in [0.1, 0.15) is 17.5 Å². The fourth-order valence-corrected chi connectivity index (χ4v) is 2.53. The Labute approximate surface area is 103 Å². The molecule has 0 aliphatic carbocycles. The topological polar surface area (TPSA) is 81.9 Å². The molecule has 17 heavy (non-hydrogen) atoms. The van der Waals surface area contributed by atoms with Gasteiger partial charge in [0.05, 0.1) is 5.37 Å². The molecule has 1 unspecified atom stereocenters. The van der Waals surface area contributed by atoms with Crippen molar-refractivity contribution in [2.45, 2.75) is 23.2 Å². The van der Waals surface area contributed by atoms with Gasteiger partial charge in [-0.15, -0.1) is 0 Å². The van der Waals surface area contributed by atoms with Crippen molar-refractivity contribution >= 4 is 29.6 Å². The molecule has 0 fully saturated rings. The van der Waals surface area contributed by atoms with E-state index >= 15 is 0 Å². The van der Waals surface area contributed by atoms with Crippen LogP contribution in [0.25, 0.3) is 0 Å². The lowest BCUT2D eigenvalue weighted by Gasteiger charge is -2.21. The lowest BCUT2D eigenvalue weighted by Crippen LogP contribution is -2.40. The van der Waals surface area contributed by atoms with Crippen LogP contribution >= 0.6 is 11.8 Å². The van der Waals surface area contributed by atoms with Gasteiger partial charge in [0, 0.05) is 11.1 Å². The summed E-state index contributed by atoms with van der Waals surface area (Å²) >= 11 is 1.43. The van der Waals surface area contributed by atoms with Crippen LogP contribution in [0.4, 0.5) is 5.69 Å². The molecule has 6 heteroatoms. The minimum absolute atomic E-state index is 0.135. The Morgan fingerprint density at radius 3 is 3.06 bits per heavy atom. The number of carboxylic acid groups (broad SMARTS) is 1. The van der Waals surface area contributed by atoms with Crippen molar-refractivity contribution in [1.29, 1.82) is 0 Å². The van der Waals surface area contributed by atoms with Crippen molar-refractivity contribution in [3.63, 3.8) is 0 Å². The first kappa shape index (κ1) is 11.9. The fourth-order valence-electron chi connectivity index (χ4n) is 1.44. The number of aliphatic carboxylic acids is 1. The zero-order valence-corrected chi connectivity index (χ0v) is 9.94. The number of phenolic OH excluding ortho intramolecular Hbond substituents is 1. The maximum Gasteiger partial charge on any atom is 0.320 e. The van der Waals surface area contributed by atoms with Gasteiger partial charge in [-0.25, -0.2) is 0 Å². The lowest BCUT2D eigenvalue weighted by molar-refractivity contribution is -0.138. The van der Waals surface area contributed by atoms with Crippen LogP contribution in [0.1, 0.15) is 6.92 Å². The van der Waals surface area contributed by atoms with E-state index in [0.717, 1.165) is 4.90 Å². The first-order valence-corrected chi connectivity index (χ1v) is 5.97. The molecule has 0 spiro atoms. The predicted octanol–water partition coefficient (Wildman–Crippen LogP) is 1.59. The molecule has 0 saturated carbocycles. The number of fused-ring (bicyclic) bond motifs is 1. The zero-order valence-electron chi connectivity index (χ0n) is 9.12. The van der Waals surface area contributed by atoms with E-state index in [-0.39, 0.29) is 11.1 Å². The van der Waals surface area contributed by atoms with E-state index in [0.29, 0.717) is 5.69 Å². The molecule has 0 bridgehead atoms. The van der Waals surface area contributed by atoms with Crippen molar-refractivity contribution in [2.75, 3.05) is 0 Å². The second-order valence-electron chi connectivity index (χ2n) is 3.67. The second kappa shape index (κ2) is 4.77. The molecule has 90 valence electrons. The molecule has 1 aliphatic heterocycles. The van der Waals surface area contributed by atoms with Gasteiger partial charge in [-0.1, -0.05) is 17.8 Å². The van der Waals surface area contributed by atoms with E-state index in [1.807, 2.05) is 6.07 Å². The fraction of sp³-hybridized carbons (Fsp3) is 0.273. The van der Waals surface area contributed by atoms with E-state index in [1.165, 1.54) is 11.8 Å². The molecular formula is C11H12N2O3S. The number of benzene rings is 1. The summed E-state index contributed by atoms with van der Waals surface area (Å²) in [7, 11) is 0. The summed E-state index contributed by atoms with van der Waals surface area (Å²) in [4.78, 5) is 15.7. The number of rotatable bonds is 3. The van der Waals surface area contributed by atoms with Crippen LogP contribution in [0.2, 0.25) is 0 Å². The van der Waals surface area contributed by atoms with E-state index in [4.69, 9.17) is 5.11 Å². The van der Waals surface area contributed by atoms with Gasteiger partial charge in [-0.2, -0.15) is 0 Å². The Bertz CT molecular complexity index is 476. The van der Waals surface area contributed by atoms with E-state index in [2.05, 4.69) is 10.3 Å². The molecule has 1 heterocycles. The summed E-state index contributed by atoms with van der Waals surface area (Å²) in [6, 6.07) is 4.51. The average Bonchev–Trinajstić information content (AvgIpc) is 2.29. The van der Waals surface area contributed by atoms with Crippen molar-refractivity contribution in [1.82, 2.24) is 5.32 Å². The lowest BCUT2D eigenvalue weighted by atomic mass is 10.3. The Morgan fingerprint density at radius 1 is 1.59 bits per heavy atom. The number of aliphatic imine (C=N–C) groups is 1. The first-order chi connectivity index (χ1) is 8.08. The summed E-state index contributed by atoms with van der Waals surface area (Å²) in [6.07, 6.45) is 1.60. The minimum Gasteiger partial charge on any atom is -0.506 e. The van der Waals surface area contributed by atoms with Crippen LogP contribution in [0, 0.1) is 0 Å². The number of para-hydroxylation sites is 1. The van der Waals surface area contributed by atoms with Gasteiger partial charge < -0.3 is 10.2 Å². The number of hydrogen-bond acceptors (Lipinski definition) is 5. The molecule has 2 rings (SSSR count). The monoisotopic (exact) mass is 252 g/mol. The highest BCUT2D eigenvalue weighted by atomic mass is 32.2. The molecule has 1 aromatic rings. The van der Waals surface area contributed by atoms with Crippen LogP contribution in [-0.2, 0) is 4.79 Å². The summed E-state index contributed by atoms with van der Waals surface area (Å²) in [6.45, 7) is 1.58. The maximum atomic E-state index is 10.7. The second-order valence-corrected chi connectivity index (χ2v) is 4.85. The number of carbonyl (C=O) groups is 1. The maximum absolute atomic E-state index is 10.7. The van der Waals surface area contributed by atoms with Gasteiger partial charge in [-0.05, 0) is 19.1 Å². The Kier molecular flexibility index (Phi) is 3.35. The number of phenols is 1. The smallest absolute Gasteiger partial charge is 0.320 e. The summed E-state index contributed by atoms with van der Waals surface area (Å²) in [5, 5.41) is 21.1. The summed E-state index contributed by atoms with van der Waals surface area (Å²) in [5.41, 5.74) is 0.540. The highest BCUT2D eigenvalue weighted by Crippen LogP contribution is 2.40. The number of nitrogens with zero attached hydrogens (tertiary/aromatic N) is 1. The number of hydrogen-bond donors (Lipinski definition) is 3. The molecule has 2 atom stereocenters. The van der Waals surface area contributed by atoms with E-state index in [1.54, 1.807) is 25.3 Å². The molecule has 5 nitrogen and oxygen atoms in total. The van der Waals surface area contributed by atoms with Gasteiger partial charge in [0.25, 0.3) is 0 Å². The van der Waals surface area contributed by atoms with Gasteiger partial charge in [0.15, 0.2) is 0 Å². The van der Waals surface area contributed by atoms with Crippen molar-refractivity contribution in [3.8, 4) is 5.75 Å². The van der Waals surface area contributed by atoms with E-state index < -0.39 is 12.0 Å². The molecule has 3 N–H and O–H groups in total. The number of thioether (sulfide) groups is 1. The van der Waals surface area contributed by atoms with Gasteiger partial charge in [0.2, 0.25) is 0 Å². The van der Waals surface area contributed by atoms with Crippen LogP contribution in [-0.4, -0.2) is 33.8 Å². The van der Waals surface area contributed by atoms with Gasteiger partial charge in [-0.3, -0.25) is 15.1 Å². The quantitative estimate of drug-likeness (QED) is 0.761. The Hall–Kier alpha value is -1.53. The van der Waals surface area contributed by atoms with E-state index in [9.17, 15) is 9.90 Å². The van der Waals surface area contributed by atoms with Crippen LogP contribution < -0.4 is 5.32 Å². The number of aromatic hydroxyl groups is 1. The zero-order chi connectivity index (χ0) is 12.4. The highest BCUT2D eigenvalue weighted by molar-refractivity contribution is 8.00. The van der Waals surface area contributed by atoms with Crippen LogP contribution in [0.15, 0.2) is 28.1 Å². The highest BCUT2D eigenvalue weighted by Gasteiger charge is 2.21. The molecular weight excluding hydrogens is 240 g/mol. The predicted molar refractivity (Wildman–Crippen MR) is 66.1 cm³/mol. The summed E-state index contributed by atoms with van der Waals surface area (Å²) in [5.74, 6) is -0.767. The Morgan fingerprint density at radius 2 is 2.35 bits per heavy atom. The van der Waals surface area contributed by atoms with Crippen molar-refractivity contribution in [3.05, 3.63) is 18.2 Å². The molecule has 1 aliphatic rings. The van der Waals surface area contributed by atoms with Crippen LogP contribution in [0.3, 0.4) is 0 Å².